The minimum absolute atomic E-state index is 0.0197. The Morgan fingerprint density at radius 3 is 2.75 bits per heavy atom. The van der Waals surface area contributed by atoms with E-state index in [2.05, 4.69) is 10.3 Å². The van der Waals surface area contributed by atoms with E-state index in [4.69, 9.17) is 4.74 Å². The fourth-order valence-corrected chi connectivity index (χ4v) is 4.64. The molecular weight excluding hydrogens is 422 g/mol. The molecule has 0 radical (unpaired) electrons. The average Bonchev–Trinajstić information content (AvgIpc) is 3.50. The van der Waals surface area contributed by atoms with E-state index in [0.29, 0.717) is 17.8 Å². The standard InChI is InChI=1S/C25H27N3O3S/c1-18-5-2-6-20(15-18)28(23(29)16-22-8-4-14-32-22)24(19-9-11-26-12-10-19)25(30)27-17-21-7-3-13-31-21/h2,4-6,8-12,14-15,21,24H,3,7,13,16-17H2,1H3,(H,27,30)/t21-,24+/m1/s1. The van der Waals surface area contributed by atoms with Crippen molar-refractivity contribution in [2.75, 3.05) is 18.1 Å². The van der Waals surface area contributed by atoms with Gasteiger partial charge in [-0.2, -0.15) is 0 Å². The summed E-state index contributed by atoms with van der Waals surface area (Å²) in [6.07, 6.45) is 5.47. The Kier molecular flexibility index (Phi) is 7.29. The number of hydrogen-bond acceptors (Lipinski definition) is 5. The number of carbonyl (C=O) groups excluding carboxylic acids is 2. The van der Waals surface area contributed by atoms with E-state index in [9.17, 15) is 9.59 Å². The van der Waals surface area contributed by atoms with Gasteiger partial charge in [0.15, 0.2) is 0 Å². The molecule has 0 unspecified atom stereocenters. The number of thiophene rings is 1. The lowest BCUT2D eigenvalue weighted by Crippen LogP contribution is -2.46. The van der Waals surface area contributed by atoms with Gasteiger partial charge in [-0.05, 0) is 66.6 Å². The summed E-state index contributed by atoms with van der Waals surface area (Å²) in [7, 11) is 0. The maximum atomic E-state index is 13.6. The molecule has 1 aliphatic rings. The van der Waals surface area contributed by atoms with Gasteiger partial charge in [-0.25, -0.2) is 0 Å². The van der Waals surface area contributed by atoms with Gasteiger partial charge in [0.05, 0.1) is 12.5 Å². The largest absolute Gasteiger partial charge is 0.376 e. The molecule has 166 valence electrons. The molecule has 0 saturated carbocycles. The van der Waals surface area contributed by atoms with Crippen molar-refractivity contribution in [2.45, 2.75) is 38.3 Å². The number of nitrogens with zero attached hydrogens (tertiary/aromatic N) is 2. The normalized spacial score (nSPS) is 16.5. The van der Waals surface area contributed by atoms with Gasteiger partial charge in [0, 0.05) is 36.1 Å². The summed E-state index contributed by atoms with van der Waals surface area (Å²) in [4.78, 5) is 33.8. The van der Waals surface area contributed by atoms with Crippen molar-refractivity contribution in [1.82, 2.24) is 10.3 Å². The van der Waals surface area contributed by atoms with Crippen LogP contribution in [-0.4, -0.2) is 36.1 Å². The first-order chi connectivity index (χ1) is 15.6. The number of pyridine rings is 1. The van der Waals surface area contributed by atoms with Crippen LogP contribution in [0.5, 0.6) is 0 Å². The second-order valence-electron chi connectivity index (χ2n) is 7.92. The zero-order valence-electron chi connectivity index (χ0n) is 18.1. The first-order valence-corrected chi connectivity index (χ1v) is 11.7. The van der Waals surface area contributed by atoms with Crippen LogP contribution in [0.1, 0.15) is 34.9 Å². The molecule has 1 N–H and O–H groups in total. The zero-order valence-corrected chi connectivity index (χ0v) is 18.9. The van der Waals surface area contributed by atoms with Gasteiger partial charge in [-0.15, -0.1) is 11.3 Å². The number of aromatic nitrogens is 1. The molecule has 1 saturated heterocycles. The van der Waals surface area contributed by atoms with E-state index in [1.54, 1.807) is 29.4 Å². The van der Waals surface area contributed by atoms with Crippen LogP contribution in [0.2, 0.25) is 0 Å². The first-order valence-electron chi connectivity index (χ1n) is 10.8. The first kappa shape index (κ1) is 22.2. The third kappa shape index (κ3) is 5.41. The molecule has 0 aliphatic carbocycles. The predicted octanol–water partition coefficient (Wildman–Crippen LogP) is 4.06. The smallest absolute Gasteiger partial charge is 0.247 e. The monoisotopic (exact) mass is 449 g/mol. The fraction of sp³-hybridized carbons (Fsp3) is 0.320. The molecule has 7 heteroatoms. The molecule has 2 amide bonds. The Hall–Kier alpha value is -3.03. The molecular formula is C25H27N3O3S. The maximum Gasteiger partial charge on any atom is 0.247 e. The molecule has 3 heterocycles. The van der Waals surface area contributed by atoms with E-state index in [1.807, 2.05) is 48.7 Å². The Morgan fingerprint density at radius 1 is 1.22 bits per heavy atom. The van der Waals surface area contributed by atoms with Crippen LogP contribution < -0.4 is 10.2 Å². The van der Waals surface area contributed by atoms with E-state index in [0.717, 1.165) is 29.9 Å². The van der Waals surface area contributed by atoms with Crippen LogP contribution in [0.3, 0.4) is 0 Å². The van der Waals surface area contributed by atoms with Crippen molar-refractivity contribution in [2.24, 2.45) is 0 Å². The lowest BCUT2D eigenvalue weighted by atomic mass is 10.0. The number of hydrogen-bond donors (Lipinski definition) is 1. The highest BCUT2D eigenvalue weighted by Gasteiger charge is 2.33. The number of carbonyl (C=O) groups is 2. The van der Waals surface area contributed by atoms with Crippen molar-refractivity contribution in [1.29, 1.82) is 0 Å². The third-order valence-corrected chi connectivity index (χ3v) is 6.39. The molecule has 0 spiro atoms. The van der Waals surface area contributed by atoms with E-state index < -0.39 is 6.04 Å². The van der Waals surface area contributed by atoms with Gasteiger partial charge < -0.3 is 10.1 Å². The van der Waals surface area contributed by atoms with Crippen LogP contribution in [-0.2, 0) is 20.7 Å². The molecule has 1 fully saturated rings. The van der Waals surface area contributed by atoms with Crippen molar-refractivity contribution < 1.29 is 14.3 Å². The van der Waals surface area contributed by atoms with Crippen LogP contribution >= 0.6 is 11.3 Å². The molecule has 6 nitrogen and oxygen atoms in total. The van der Waals surface area contributed by atoms with Crippen molar-refractivity contribution in [3.8, 4) is 0 Å². The molecule has 0 bridgehead atoms. The number of benzene rings is 1. The van der Waals surface area contributed by atoms with Gasteiger partial charge in [0.25, 0.3) is 0 Å². The second-order valence-corrected chi connectivity index (χ2v) is 8.95. The Morgan fingerprint density at radius 2 is 2.06 bits per heavy atom. The van der Waals surface area contributed by atoms with Crippen molar-refractivity contribution in [3.63, 3.8) is 0 Å². The summed E-state index contributed by atoms with van der Waals surface area (Å²) >= 11 is 1.54. The highest BCUT2D eigenvalue weighted by Crippen LogP contribution is 2.30. The van der Waals surface area contributed by atoms with Gasteiger partial charge in [0.1, 0.15) is 6.04 Å². The number of ether oxygens (including phenoxy) is 1. The molecule has 32 heavy (non-hydrogen) atoms. The molecule has 4 rings (SSSR count). The summed E-state index contributed by atoms with van der Waals surface area (Å²) in [5, 5.41) is 4.98. The summed E-state index contributed by atoms with van der Waals surface area (Å²) < 4.78 is 5.66. The Balaban J connectivity index is 1.69. The molecule has 2 aromatic heterocycles. The van der Waals surface area contributed by atoms with Gasteiger partial charge in [-0.3, -0.25) is 19.5 Å². The minimum atomic E-state index is -0.811. The van der Waals surface area contributed by atoms with Crippen LogP contribution in [0.25, 0.3) is 0 Å². The molecule has 1 aromatic carbocycles. The fourth-order valence-electron chi connectivity index (χ4n) is 3.94. The van der Waals surface area contributed by atoms with Crippen LogP contribution in [0.4, 0.5) is 5.69 Å². The molecule has 2 atom stereocenters. The Labute approximate surface area is 192 Å². The minimum Gasteiger partial charge on any atom is -0.376 e. The Bertz CT molecular complexity index is 1030. The summed E-state index contributed by atoms with van der Waals surface area (Å²) in [6, 6.07) is 14.3. The van der Waals surface area contributed by atoms with Crippen LogP contribution in [0, 0.1) is 6.92 Å². The summed E-state index contributed by atoms with van der Waals surface area (Å²) in [5.41, 5.74) is 2.43. The highest BCUT2D eigenvalue weighted by molar-refractivity contribution is 7.10. The quantitative estimate of drug-likeness (QED) is 0.563. The topological polar surface area (TPSA) is 71.5 Å². The van der Waals surface area contributed by atoms with Crippen molar-refractivity contribution in [3.05, 3.63) is 82.3 Å². The van der Waals surface area contributed by atoms with Crippen LogP contribution in [0.15, 0.2) is 66.3 Å². The lowest BCUT2D eigenvalue weighted by molar-refractivity contribution is -0.126. The van der Waals surface area contributed by atoms with E-state index in [-0.39, 0.29) is 24.3 Å². The molecule has 3 aromatic rings. The van der Waals surface area contributed by atoms with E-state index >= 15 is 0 Å². The number of amides is 2. The number of anilines is 1. The second kappa shape index (κ2) is 10.5. The third-order valence-electron chi connectivity index (χ3n) is 5.51. The van der Waals surface area contributed by atoms with E-state index in [1.165, 1.54) is 11.3 Å². The summed E-state index contributed by atoms with van der Waals surface area (Å²) in [5.74, 6) is -0.361. The summed E-state index contributed by atoms with van der Waals surface area (Å²) in [6.45, 7) is 3.13. The zero-order chi connectivity index (χ0) is 22.3. The SMILES string of the molecule is Cc1cccc(N(C(=O)Cc2cccs2)[C@H](C(=O)NC[C@H]2CCCO2)c2ccncc2)c1. The maximum absolute atomic E-state index is 13.6. The highest BCUT2D eigenvalue weighted by atomic mass is 32.1. The number of aryl methyl sites for hydroxylation is 1. The molecule has 1 aliphatic heterocycles. The predicted molar refractivity (Wildman–Crippen MR) is 126 cm³/mol. The van der Waals surface area contributed by atoms with Gasteiger partial charge >= 0.3 is 0 Å². The number of rotatable bonds is 8. The van der Waals surface area contributed by atoms with Crippen molar-refractivity contribution >= 4 is 28.8 Å². The van der Waals surface area contributed by atoms with Gasteiger partial charge in [-0.1, -0.05) is 18.2 Å². The van der Waals surface area contributed by atoms with Gasteiger partial charge in [0.2, 0.25) is 11.8 Å². The number of nitrogens with one attached hydrogen (secondary N) is 1. The average molecular weight is 450 g/mol. The lowest BCUT2D eigenvalue weighted by Gasteiger charge is -2.32.